The van der Waals surface area contributed by atoms with Crippen molar-refractivity contribution in [2.75, 3.05) is 57.3 Å². The number of carbonyl (C=O) groups is 1. The summed E-state index contributed by atoms with van der Waals surface area (Å²) in [5.74, 6) is 0.0294. The molecule has 0 bridgehead atoms. The van der Waals surface area contributed by atoms with Crippen molar-refractivity contribution >= 4 is 23.2 Å². The van der Waals surface area contributed by atoms with Gasteiger partial charge in [0, 0.05) is 64.6 Å². The quantitative estimate of drug-likeness (QED) is 0.540. The van der Waals surface area contributed by atoms with Crippen LogP contribution in [0.15, 0.2) is 78.5 Å². The second kappa shape index (κ2) is 11.6. The summed E-state index contributed by atoms with van der Waals surface area (Å²) in [4.78, 5) is 27.0. The Kier molecular flexibility index (Phi) is 8.26. The van der Waals surface area contributed by atoms with Gasteiger partial charge in [0.1, 0.15) is 5.69 Å². The zero-order valence-electron chi connectivity index (χ0n) is 20.5. The van der Waals surface area contributed by atoms with E-state index in [-0.39, 0.29) is 5.91 Å². The Balaban J connectivity index is 1.35. The number of carbonyl (C=O) groups excluding carboxylic acids is 1. The van der Waals surface area contributed by atoms with Crippen molar-refractivity contribution in [1.82, 2.24) is 19.7 Å². The molecular formula is C28H34ClN5O. The number of aromatic nitrogens is 1. The summed E-state index contributed by atoms with van der Waals surface area (Å²) >= 11 is 6.17. The molecule has 35 heavy (non-hydrogen) atoms. The van der Waals surface area contributed by atoms with Crippen molar-refractivity contribution in [3.63, 3.8) is 0 Å². The van der Waals surface area contributed by atoms with Gasteiger partial charge in [0.2, 0.25) is 0 Å². The van der Waals surface area contributed by atoms with Gasteiger partial charge < -0.3 is 14.7 Å². The maximum absolute atomic E-state index is 13.3. The number of benzene rings is 1. The maximum Gasteiger partial charge on any atom is 0.272 e. The van der Waals surface area contributed by atoms with Gasteiger partial charge >= 0.3 is 0 Å². The van der Waals surface area contributed by atoms with E-state index in [1.54, 1.807) is 6.08 Å². The van der Waals surface area contributed by atoms with Gasteiger partial charge in [-0.15, -0.1) is 0 Å². The Labute approximate surface area is 213 Å². The van der Waals surface area contributed by atoms with E-state index in [0.717, 1.165) is 62.8 Å². The number of hydrogen-bond donors (Lipinski definition) is 0. The maximum atomic E-state index is 13.3. The van der Waals surface area contributed by atoms with Crippen LogP contribution in [0.5, 0.6) is 0 Å². The number of allylic oxidation sites excluding steroid dienone is 3. The van der Waals surface area contributed by atoms with Gasteiger partial charge in [-0.1, -0.05) is 55.1 Å². The summed E-state index contributed by atoms with van der Waals surface area (Å²) in [5.41, 5.74) is 4.56. The fourth-order valence-corrected chi connectivity index (χ4v) is 4.87. The van der Waals surface area contributed by atoms with Crippen LogP contribution >= 0.6 is 11.6 Å². The minimum Gasteiger partial charge on any atom is -0.368 e. The zero-order chi connectivity index (χ0) is 24.8. The normalized spacial score (nSPS) is 17.4. The van der Waals surface area contributed by atoms with Crippen LogP contribution in [0.3, 0.4) is 0 Å². The van der Waals surface area contributed by atoms with E-state index in [1.807, 2.05) is 36.1 Å². The first-order valence-corrected chi connectivity index (χ1v) is 12.5. The predicted octanol–water partition coefficient (Wildman–Crippen LogP) is 4.29. The molecule has 0 saturated carbocycles. The lowest BCUT2D eigenvalue weighted by atomic mass is 10.1. The van der Waals surface area contributed by atoms with Crippen LogP contribution in [0.25, 0.3) is 0 Å². The van der Waals surface area contributed by atoms with Gasteiger partial charge in [-0.25, -0.2) is 4.98 Å². The fourth-order valence-electron chi connectivity index (χ4n) is 4.69. The molecule has 3 heterocycles. The predicted molar refractivity (Wildman–Crippen MR) is 144 cm³/mol. The molecule has 6 nitrogen and oxygen atoms in total. The molecule has 0 radical (unpaired) electrons. The molecule has 2 fully saturated rings. The summed E-state index contributed by atoms with van der Waals surface area (Å²) < 4.78 is 0. The van der Waals surface area contributed by atoms with Crippen molar-refractivity contribution in [2.24, 2.45) is 0 Å². The van der Waals surface area contributed by atoms with Gasteiger partial charge in [-0.05, 0) is 36.8 Å². The molecule has 4 rings (SSSR count). The lowest BCUT2D eigenvalue weighted by Crippen LogP contribution is -2.49. The molecule has 0 aliphatic carbocycles. The van der Waals surface area contributed by atoms with Crippen LogP contribution in [-0.2, 0) is 6.54 Å². The third-order valence-electron chi connectivity index (χ3n) is 6.70. The summed E-state index contributed by atoms with van der Waals surface area (Å²) in [6.45, 7) is 16.9. The molecule has 0 unspecified atom stereocenters. The number of aryl methyl sites for hydroxylation is 1. The average molecular weight is 492 g/mol. The first-order chi connectivity index (χ1) is 17.0. The molecule has 1 aromatic carbocycles. The number of anilines is 1. The number of para-hydroxylation sites is 1. The lowest BCUT2D eigenvalue weighted by molar-refractivity contribution is 0.0739. The van der Waals surface area contributed by atoms with Gasteiger partial charge in [-0.2, -0.15) is 0 Å². The molecule has 1 amide bonds. The second-order valence-electron chi connectivity index (χ2n) is 9.04. The van der Waals surface area contributed by atoms with Crippen LogP contribution < -0.4 is 4.90 Å². The van der Waals surface area contributed by atoms with Crippen molar-refractivity contribution < 1.29 is 4.79 Å². The second-order valence-corrected chi connectivity index (χ2v) is 9.49. The molecule has 2 aliphatic heterocycles. The number of piperazine rings is 2. The molecule has 7 heteroatoms. The number of halogens is 1. The van der Waals surface area contributed by atoms with E-state index in [9.17, 15) is 4.79 Å². The molecular weight excluding hydrogens is 458 g/mol. The minimum absolute atomic E-state index is 0.0294. The number of hydrogen-bond acceptors (Lipinski definition) is 5. The Morgan fingerprint density at radius 2 is 1.63 bits per heavy atom. The van der Waals surface area contributed by atoms with Crippen molar-refractivity contribution in [2.45, 2.75) is 13.5 Å². The summed E-state index contributed by atoms with van der Waals surface area (Å²) in [6.07, 6.45) is 3.65. The third kappa shape index (κ3) is 6.13. The van der Waals surface area contributed by atoms with Crippen molar-refractivity contribution in [3.8, 4) is 0 Å². The zero-order valence-corrected chi connectivity index (χ0v) is 21.3. The minimum atomic E-state index is 0.0294. The highest BCUT2D eigenvalue weighted by Crippen LogP contribution is 2.21. The topological polar surface area (TPSA) is 42.9 Å². The van der Waals surface area contributed by atoms with E-state index in [1.165, 1.54) is 5.69 Å². The smallest absolute Gasteiger partial charge is 0.272 e. The molecule has 2 aromatic rings. The standard InChI is InChI=1S/C28H34ClN5O/c1-4-8-26(23(3)29)33-15-13-31(14-16-33)21-24-12-11-22(2)27(30-24)28(35)34-19-17-32(18-20-34)25-9-6-5-7-10-25/h4-12H,1,3,13-21H2,2H3/b26-8+. The first-order valence-electron chi connectivity index (χ1n) is 12.2. The summed E-state index contributed by atoms with van der Waals surface area (Å²) in [6, 6.07) is 14.4. The van der Waals surface area contributed by atoms with Gasteiger partial charge in [0.25, 0.3) is 5.91 Å². The summed E-state index contributed by atoms with van der Waals surface area (Å²) in [5, 5.41) is 0.534. The number of rotatable bonds is 7. The largest absolute Gasteiger partial charge is 0.368 e. The Morgan fingerprint density at radius 1 is 0.971 bits per heavy atom. The van der Waals surface area contributed by atoms with E-state index in [4.69, 9.17) is 16.6 Å². The average Bonchev–Trinajstić information content (AvgIpc) is 2.89. The van der Waals surface area contributed by atoms with Crippen LogP contribution in [-0.4, -0.2) is 77.9 Å². The first kappa shape index (κ1) is 25.0. The molecule has 0 atom stereocenters. The van der Waals surface area contributed by atoms with Gasteiger partial charge in [0.15, 0.2) is 0 Å². The van der Waals surface area contributed by atoms with E-state index >= 15 is 0 Å². The monoisotopic (exact) mass is 491 g/mol. The highest BCUT2D eigenvalue weighted by Gasteiger charge is 2.25. The lowest BCUT2D eigenvalue weighted by Gasteiger charge is -2.37. The van der Waals surface area contributed by atoms with Crippen molar-refractivity contribution in [1.29, 1.82) is 0 Å². The molecule has 1 aromatic heterocycles. The number of amides is 1. The van der Waals surface area contributed by atoms with E-state index < -0.39 is 0 Å². The van der Waals surface area contributed by atoms with Crippen LogP contribution in [0.2, 0.25) is 0 Å². The Hall–Kier alpha value is -3.09. The number of pyridine rings is 1. The molecule has 0 spiro atoms. The molecule has 184 valence electrons. The summed E-state index contributed by atoms with van der Waals surface area (Å²) in [7, 11) is 0. The van der Waals surface area contributed by atoms with Crippen molar-refractivity contribution in [3.05, 3.63) is 95.5 Å². The molecule has 0 N–H and O–H groups in total. The Morgan fingerprint density at radius 3 is 2.26 bits per heavy atom. The van der Waals surface area contributed by atoms with Crippen LogP contribution in [0, 0.1) is 6.92 Å². The highest BCUT2D eigenvalue weighted by molar-refractivity contribution is 6.31. The Bertz CT molecular complexity index is 1080. The van der Waals surface area contributed by atoms with E-state index in [2.05, 4.69) is 52.1 Å². The third-order valence-corrected chi connectivity index (χ3v) is 6.89. The molecule has 2 saturated heterocycles. The highest BCUT2D eigenvalue weighted by atomic mass is 35.5. The van der Waals surface area contributed by atoms with E-state index in [0.29, 0.717) is 23.8 Å². The van der Waals surface area contributed by atoms with Crippen LogP contribution in [0.1, 0.15) is 21.7 Å². The van der Waals surface area contributed by atoms with Crippen LogP contribution in [0.4, 0.5) is 5.69 Å². The van der Waals surface area contributed by atoms with Gasteiger partial charge in [-0.3, -0.25) is 9.69 Å². The molecule has 2 aliphatic rings. The SMILES string of the molecule is C=C/C=C(\C(=C)Cl)N1CCN(Cc2ccc(C)c(C(=O)N3CCN(c4ccccc4)CC3)n2)CC1. The fraction of sp³-hybridized carbons (Fsp3) is 0.357. The number of nitrogens with zero attached hydrogens (tertiary/aromatic N) is 5. The van der Waals surface area contributed by atoms with Gasteiger partial charge in [0.05, 0.1) is 16.4 Å².